The number of thioether (sulfide) groups is 1. The minimum absolute atomic E-state index is 0.0892. The van der Waals surface area contributed by atoms with Gasteiger partial charge in [0.05, 0.1) is 11.4 Å². The van der Waals surface area contributed by atoms with Gasteiger partial charge in [0.2, 0.25) is 0 Å². The summed E-state index contributed by atoms with van der Waals surface area (Å²) in [5, 5.41) is 16.0. The normalized spacial score (nSPS) is 12.1. The minimum atomic E-state index is -0.138. The molecule has 2 aromatic carbocycles. The first kappa shape index (κ1) is 24.4. The van der Waals surface area contributed by atoms with Crippen molar-refractivity contribution in [1.29, 1.82) is 0 Å². The third-order valence-corrected chi connectivity index (χ3v) is 7.65. The molecule has 0 aliphatic heterocycles. The van der Waals surface area contributed by atoms with Gasteiger partial charge in [-0.15, -0.1) is 21.5 Å². The lowest BCUT2D eigenvalue weighted by Gasteiger charge is -2.16. The highest BCUT2D eigenvalue weighted by atomic mass is 35.5. The summed E-state index contributed by atoms with van der Waals surface area (Å²) < 4.78 is 2.04. The SMILES string of the molecule is CC(C)C(C)NC(=O)c1csc(CSc2nnc(Cc3ccccc3)n2-c2cccc(Cl)c2)n1. The van der Waals surface area contributed by atoms with Crippen molar-refractivity contribution in [3.05, 3.63) is 87.1 Å². The second kappa shape index (κ2) is 11.2. The van der Waals surface area contributed by atoms with Crippen LogP contribution in [0.5, 0.6) is 0 Å². The quantitative estimate of drug-likeness (QED) is 0.277. The third-order valence-electron chi connectivity index (χ3n) is 5.44. The highest BCUT2D eigenvalue weighted by Crippen LogP contribution is 2.28. The topological polar surface area (TPSA) is 72.7 Å². The van der Waals surface area contributed by atoms with Crippen molar-refractivity contribution >= 4 is 40.6 Å². The van der Waals surface area contributed by atoms with Crippen molar-refractivity contribution in [2.45, 2.75) is 44.1 Å². The van der Waals surface area contributed by atoms with E-state index in [9.17, 15) is 4.79 Å². The van der Waals surface area contributed by atoms with Crippen LogP contribution in [0, 0.1) is 5.92 Å². The van der Waals surface area contributed by atoms with Gasteiger partial charge < -0.3 is 5.32 Å². The molecular weight excluding hydrogens is 486 g/mol. The average Bonchev–Trinajstić information content (AvgIpc) is 3.45. The molecule has 4 rings (SSSR count). The monoisotopic (exact) mass is 511 g/mol. The molecular formula is C25H26ClN5OS2. The fourth-order valence-corrected chi connectivity index (χ4v) is 5.16. The van der Waals surface area contributed by atoms with Crippen molar-refractivity contribution in [2.24, 2.45) is 5.92 Å². The van der Waals surface area contributed by atoms with E-state index < -0.39 is 0 Å². The molecule has 176 valence electrons. The van der Waals surface area contributed by atoms with Gasteiger partial charge in [-0.1, -0.05) is 73.6 Å². The summed E-state index contributed by atoms with van der Waals surface area (Å²) in [5.41, 5.74) is 2.52. The van der Waals surface area contributed by atoms with Crippen LogP contribution in [0.15, 0.2) is 65.1 Å². The maximum atomic E-state index is 12.5. The number of carbonyl (C=O) groups excluding carboxylic acids is 1. The first-order valence-electron chi connectivity index (χ1n) is 11.0. The molecule has 0 spiro atoms. The molecule has 34 heavy (non-hydrogen) atoms. The van der Waals surface area contributed by atoms with Gasteiger partial charge in [0.15, 0.2) is 5.16 Å². The van der Waals surface area contributed by atoms with Gasteiger partial charge in [0, 0.05) is 22.9 Å². The van der Waals surface area contributed by atoms with Gasteiger partial charge in [0.1, 0.15) is 16.5 Å². The van der Waals surface area contributed by atoms with Gasteiger partial charge in [-0.3, -0.25) is 9.36 Å². The number of nitrogens with one attached hydrogen (secondary N) is 1. The molecule has 2 aromatic heterocycles. The molecule has 1 amide bonds. The Morgan fingerprint density at radius 2 is 1.91 bits per heavy atom. The van der Waals surface area contributed by atoms with Crippen LogP contribution in [0.2, 0.25) is 5.02 Å². The molecule has 0 aliphatic rings. The number of thiazole rings is 1. The lowest BCUT2D eigenvalue weighted by atomic mass is 10.1. The molecule has 1 N–H and O–H groups in total. The lowest BCUT2D eigenvalue weighted by molar-refractivity contribution is 0.0926. The Labute approximate surface area is 212 Å². The van der Waals surface area contributed by atoms with E-state index in [1.807, 2.05) is 54.0 Å². The van der Waals surface area contributed by atoms with E-state index in [2.05, 4.69) is 46.5 Å². The van der Waals surface area contributed by atoms with E-state index in [0.29, 0.717) is 28.8 Å². The number of nitrogens with zero attached hydrogens (tertiary/aromatic N) is 4. The summed E-state index contributed by atoms with van der Waals surface area (Å²) in [7, 11) is 0. The Morgan fingerprint density at radius 3 is 2.65 bits per heavy atom. The Morgan fingerprint density at radius 1 is 1.12 bits per heavy atom. The molecule has 6 nitrogen and oxygen atoms in total. The number of benzene rings is 2. The molecule has 0 saturated heterocycles. The number of hydrogen-bond donors (Lipinski definition) is 1. The van der Waals surface area contributed by atoms with Gasteiger partial charge in [-0.2, -0.15) is 0 Å². The van der Waals surface area contributed by atoms with E-state index in [1.54, 1.807) is 5.38 Å². The first-order valence-corrected chi connectivity index (χ1v) is 13.3. The van der Waals surface area contributed by atoms with Crippen molar-refractivity contribution in [1.82, 2.24) is 25.1 Å². The van der Waals surface area contributed by atoms with Crippen LogP contribution in [-0.4, -0.2) is 31.7 Å². The van der Waals surface area contributed by atoms with Gasteiger partial charge in [-0.05, 0) is 36.6 Å². The molecule has 0 fully saturated rings. The van der Waals surface area contributed by atoms with Crippen molar-refractivity contribution in [3.8, 4) is 5.69 Å². The summed E-state index contributed by atoms with van der Waals surface area (Å²) in [6.07, 6.45) is 0.649. The van der Waals surface area contributed by atoms with E-state index in [0.717, 1.165) is 27.2 Å². The predicted octanol–water partition coefficient (Wildman–Crippen LogP) is 6.03. The van der Waals surface area contributed by atoms with Gasteiger partial charge >= 0.3 is 0 Å². The van der Waals surface area contributed by atoms with E-state index >= 15 is 0 Å². The summed E-state index contributed by atoms with van der Waals surface area (Å²) >= 11 is 9.29. The highest BCUT2D eigenvalue weighted by molar-refractivity contribution is 7.98. The Balaban J connectivity index is 1.53. The lowest BCUT2D eigenvalue weighted by Crippen LogP contribution is -2.36. The molecule has 9 heteroatoms. The van der Waals surface area contributed by atoms with Gasteiger partial charge in [0.25, 0.3) is 5.91 Å². The molecule has 0 saturated carbocycles. The van der Waals surface area contributed by atoms with E-state index in [-0.39, 0.29) is 11.9 Å². The second-order valence-electron chi connectivity index (χ2n) is 8.30. The van der Waals surface area contributed by atoms with Gasteiger partial charge in [-0.25, -0.2) is 4.98 Å². The summed E-state index contributed by atoms with van der Waals surface area (Å²) in [6, 6.07) is 17.9. The standard InChI is InChI=1S/C25H26ClN5OS2/c1-16(2)17(3)27-24(32)21-14-33-23(28-21)15-34-25-30-29-22(12-18-8-5-4-6-9-18)31(25)20-11-7-10-19(26)13-20/h4-11,13-14,16-17H,12,15H2,1-3H3,(H,27,32). The van der Waals surface area contributed by atoms with Crippen LogP contribution in [0.25, 0.3) is 5.69 Å². The van der Waals surface area contributed by atoms with Crippen LogP contribution in [-0.2, 0) is 12.2 Å². The molecule has 1 unspecified atom stereocenters. The van der Waals surface area contributed by atoms with Crippen LogP contribution in [0.4, 0.5) is 0 Å². The zero-order valence-corrected chi connectivity index (χ0v) is 21.6. The van der Waals surface area contributed by atoms with Crippen molar-refractivity contribution < 1.29 is 4.79 Å². The van der Waals surface area contributed by atoms with Crippen molar-refractivity contribution in [3.63, 3.8) is 0 Å². The van der Waals surface area contributed by atoms with Crippen molar-refractivity contribution in [2.75, 3.05) is 0 Å². The smallest absolute Gasteiger partial charge is 0.270 e. The average molecular weight is 512 g/mol. The minimum Gasteiger partial charge on any atom is -0.348 e. The van der Waals surface area contributed by atoms with E-state index in [4.69, 9.17) is 11.6 Å². The van der Waals surface area contributed by atoms with Crippen LogP contribution < -0.4 is 5.32 Å². The number of carbonyl (C=O) groups is 1. The Bertz CT molecular complexity index is 1260. The molecule has 4 aromatic rings. The van der Waals surface area contributed by atoms with Crippen LogP contribution in [0.1, 0.15) is 47.7 Å². The number of rotatable bonds is 9. The Kier molecular flexibility index (Phi) is 8.03. The number of aromatic nitrogens is 4. The molecule has 0 bridgehead atoms. The maximum absolute atomic E-state index is 12.5. The molecule has 0 aliphatic carbocycles. The summed E-state index contributed by atoms with van der Waals surface area (Å²) in [5.74, 6) is 1.64. The fourth-order valence-electron chi connectivity index (χ4n) is 3.22. The first-order chi connectivity index (χ1) is 16.4. The highest BCUT2D eigenvalue weighted by Gasteiger charge is 2.18. The molecule has 2 heterocycles. The molecule has 1 atom stereocenters. The maximum Gasteiger partial charge on any atom is 0.270 e. The summed E-state index contributed by atoms with van der Waals surface area (Å²) in [4.78, 5) is 17.0. The number of amides is 1. The fraction of sp³-hybridized carbons (Fsp3) is 0.280. The number of hydrogen-bond acceptors (Lipinski definition) is 6. The second-order valence-corrected chi connectivity index (χ2v) is 10.6. The van der Waals surface area contributed by atoms with E-state index in [1.165, 1.54) is 23.1 Å². The largest absolute Gasteiger partial charge is 0.348 e. The molecule has 0 radical (unpaired) electrons. The van der Waals surface area contributed by atoms with Crippen LogP contribution in [0.3, 0.4) is 0 Å². The Hall–Kier alpha value is -2.68. The third kappa shape index (κ3) is 6.05. The number of halogens is 1. The zero-order valence-electron chi connectivity index (χ0n) is 19.2. The predicted molar refractivity (Wildman–Crippen MR) is 139 cm³/mol. The zero-order chi connectivity index (χ0) is 24.1. The van der Waals surface area contributed by atoms with Crippen LogP contribution >= 0.6 is 34.7 Å². The summed E-state index contributed by atoms with van der Waals surface area (Å²) in [6.45, 7) is 6.16.